The van der Waals surface area contributed by atoms with Gasteiger partial charge in [-0.1, -0.05) is 30.3 Å². The first kappa shape index (κ1) is 14.4. The van der Waals surface area contributed by atoms with Crippen molar-refractivity contribution in [3.05, 3.63) is 35.9 Å². The Labute approximate surface area is 126 Å². The minimum atomic E-state index is 0.362. The lowest BCUT2D eigenvalue weighted by Gasteiger charge is -2.34. The molecule has 1 aromatic rings. The van der Waals surface area contributed by atoms with Crippen molar-refractivity contribution in [2.75, 3.05) is 12.4 Å². The van der Waals surface area contributed by atoms with Crippen LogP contribution in [0.15, 0.2) is 30.3 Å². The van der Waals surface area contributed by atoms with Crippen LogP contribution in [-0.4, -0.2) is 29.8 Å². The Balaban J connectivity index is 1.55. The summed E-state index contributed by atoms with van der Waals surface area (Å²) >= 11 is 2.05. The van der Waals surface area contributed by atoms with E-state index in [1.807, 2.05) is 0 Å². The number of ether oxygens (including phenoxy) is 1. The van der Waals surface area contributed by atoms with E-state index in [0.29, 0.717) is 23.3 Å². The molecule has 110 valence electrons. The van der Waals surface area contributed by atoms with Crippen LogP contribution >= 0.6 is 11.8 Å². The maximum Gasteiger partial charge on any atom is 0.0666 e. The largest absolute Gasteiger partial charge is 0.377 e. The molecule has 4 atom stereocenters. The second-order valence-corrected chi connectivity index (χ2v) is 7.36. The van der Waals surface area contributed by atoms with Gasteiger partial charge in [0, 0.05) is 23.7 Å². The smallest absolute Gasteiger partial charge is 0.0666 e. The molecule has 1 saturated heterocycles. The molecular formula is C17H25NOS. The number of hydrogen-bond acceptors (Lipinski definition) is 3. The molecule has 0 amide bonds. The molecule has 0 aromatic heterocycles. The van der Waals surface area contributed by atoms with Gasteiger partial charge in [-0.2, -0.15) is 11.8 Å². The lowest BCUT2D eigenvalue weighted by Crippen LogP contribution is -2.38. The summed E-state index contributed by atoms with van der Waals surface area (Å²) in [7, 11) is 0. The summed E-state index contributed by atoms with van der Waals surface area (Å²) in [5, 5.41) is 0.596. The number of thioether (sulfide) groups is 1. The molecule has 0 bridgehead atoms. The maximum atomic E-state index is 6.34. The van der Waals surface area contributed by atoms with E-state index in [1.54, 1.807) is 0 Å². The molecule has 4 unspecified atom stereocenters. The standard InChI is InChI=1S/C17H25NOS/c18-16-9-8-14(13-5-2-1-3-6-13)11-17(16)20-12-15-7-4-10-19-15/h1-3,5-6,14-17H,4,7-12,18H2. The molecule has 3 heteroatoms. The first-order chi connectivity index (χ1) is 9.83. The van der Waals surface area contributed by atoms with Crippen molar-refractivity contribution < 1.29 is 4.74 Å². The minimum Gasteiger partial charge on any atom is -0.377 e. The van der Waals surface area contributed by atoms with Gasteiger partial charge in [-0.25, -0.2) is 0 Å². The molecule has 1 aliphatic carbocycles. The topological polar surface area (TPSA) is 35.2 Å². The summed E-state index contributed by atoms with van der Waals surface area (Å²) in [6, 6.07) is 11.3. The monoisotopic (exact) mass is 291 g/mol. The lowest BCUT2D eigenvalue weighted by atomic mass is 9.82. The van der Waals surface area contributed by atoms with Crippen LogP contribution in [-0.2, 0) is 4.74 Å². The van der Waals surface area contributed by atoms with Gasteiger partial charge in [-0.15, -0.1) is 0 Å². The van der Waals surface area contributed by atoms with Crippen LogP contribution in [0, 0.1) is 0 Å². The Morgan fingerprint density at radius 1 is 1.15 bits per heavy atom. The van der Waals surface area contributed by atoms with Gasteiger partial charge in [-0.3, -0.25) is 0 Å². The number of hydrogen-bond donors (Lipinski definition) is 1. The summed E-state index contributed by atoms with van der Waals surface area (Å²) in [6.45, 7) is 0.953. The first-order valence-corrected chi connectivity index (χ1v) is 8.91. The van der Waals surface area contributed by atoms with Gasteiger partial charge in [0.15, 0.2) is 0 Å². The molecule has 0 spiro atoms. The van der Waals surface area contributed by atoms with E-state index >= 15 is 0 Å². The van der Waals surface area contributed by atoms with Gasteiger partial charge < -0.3 is 10.5 Å². The summed E-state index contributed by atoms with van der Waals surface area (Å²) in [5.41, 5.74) is 7.83. The highest BCUT2D eigenvalue weighted by molar-refractivity contribution is 8.00. The molecule has 1 aliphatic heterocycles. The van der Waals surface area contributed by atoms with Crippen molar-refractivity contribution in [1.29, 1.82) is 0 Å². The molecule has 2 nitrogen and oxygen atoms in total. The summed E-state index contributed by atoms with van der Waals surface area (Å²) in [5.74, 6) is 1.82. The third kappa shape index (κ3) is 3.57. The maximum absolute atomic E-state index is 6.34. The second-order valence-electron chi connectivity index (χ2n) is 6.09. The van der Waals surface area contributed by atoms with E-state index < -0.39 is 0 Å². The van der Waals surface area contributed by atoms with Gasteiger partial charge in [0.1, 0.15) is 0 Å². The van der Waals surface area contributed by atoms with Gasteiger partial charge in [0.05, 0.1) is 6.10 Å². The average molecular weight is 291 g/mol. The highest BCUT2D eigenvalue weighted by atomic mass is 32.2. The van der Waals surface area contributed by atoms with Crippen LogP contribution < -0.4 is 5.73 Å². The third-order valence-corrected chi connectivity index (χ3v) is 6.17. The number of benzene rings is 1. The van der Waals surface area contributed by atoms with Crippen molar-refractivity contribution >= 4 is 11.8 Å². The first-order valence-electron chi connectivity index (χ1n) is 7.86. The molecule has 0 radical (unpaired) electrons. The third-order valence-electron chi connectivity index (χ3n) is 4.63. The molecule has 3 rings (SSSR count). The van der Waals surface area contributed by atoms with Crippen molar-refractivity contribution in [2.45, 2.75) is 55.4 Å². The zero-order chi connectivity index (χ0) is 13.8. The fourth-order valence-corrected chi connectivity index (χ4v) is 4.86. The number of nitrogens with two attached hydrogens (primary N) is 1. The van der Waals surface area contributed by atoms with Crippen molar-refractivity contribution in [1.82, 2.24) is 0 Å². The zero-order valence-electron chi connectivity index (χ0n) is 12.0. The van der Waals surface area contributed by atoms with Crippen molar-refractivity contribution in [2.24, 2.45) is 5.73 Å². The Morgan fingerprint density at radius 2 is 2.00 bits per heavy atom. The van der Waals surface area contributed by atoms with E-state index in [0.717, 1.165) is 18.8 Å². The van der Waals surface area contributed by atoms with E-state index in [4.69, 9.17) is 10.5 Å². The fourth-order valence-electron chi connectivity index (χ4n) is 3.38. The normalized spacial score (nSPS) is 34.2. The SMILES string of the molecule is NC1CCC(c2ccccc2)CC1SCC1CCCO1. The number of rotatable bonds is 4. The van der Waals surface area contributed by atoms with E-state index in [2.05, 4.69) is 42.1 Å². The highest BCUT2D eigenvalue weighted by Crippen LogP contribution is 2.38. The molecule has 1 heterocycles. The Bertz CT molecular complexity index is 405. The van der Waals surface area contributed by atoms with Crippen LogP contribution in [0.2, 0.25) is 0 Å². The van der Waals surface area contributed by atoms with Crippen molar-refractivity contribution in [3.8, 4) is 0 Å². The summed E-state index contributed by atoms with van der Waals surface area (Å²) in [6.07, 6.45) is 6.56. The van der Waals surface area contributed by atoms with Crippen LogP contribution in [0.1, 0.15) is 43.6 Å². The van der Waals surface area contributed by atoms with Crippen molar-refractivity contribution in [3.63, 3.8) is 0 Å². The molecule has 2 aliphatic rings. The molecule has 20 heavy (non-hydrogen) atoms. The molecular weight excluding hydrogens is 266 g/mol. The van der Waals surface area contributed by atoms with Gasteiger partial charge in [0.25, 0.3) is 0 Å². The zero-order valence-corrected chi connectivity index (χ0v) is 12.9. The summed E-state index contributed by atoms with van der Waals surface area (Å²) < 4.78 is 5.73. The molecule has 2 fully saturated rings. The second kappa shape index (κ2) is 6.97. The predicted molar refractivity (Wildman–Crippen MR) is 86.2 cm³/mol. The Kier molecular flexibility index (Phi) is 5.03. The van der Waals surface area contributed by atoms with E-state index in [-0.39, 0.29) is 0 Å². The van der Waals surface area contributed by atoms with E-state index in [1.165, 1.54) is 31.2 Å². The Hall–Kier alpha value is -0.510. The molecule has 1 saturated carbocycles. The highest BCUT2D eigenvalue weighted by Gasteiger charge is 2.30. The van der Waals surface area contributed by atoms with Crippen LogP contribution in [0.3, 0.4) is 0 Å². The van der Waals surface area contributed by atoms with Gasteiger partial charge >= 0.3 is 0 Å². The van der Waals surface area contributed by atoms with Gasteiger partial charge in [-0.05, 0) is 43.6 Å². The quantitative estimate of drug-likeness (QED) is 0.921. The Morgan fingerprint density at radius 3 is 2.75 bits per heavy atom. The van der Waals surface area contributed by atoms with Crippen LogP contribution in [0.5, 0.6) is 0 Å². The summed E-state index contributed by atoms with van der Waals surface area (Å²) in [4.78, 5) is 0. The fraction of sp³-hybridized carbons (Fsp3) is 0.647. The van der Waals surface area contributed by atoms with E-state index in [9.17, 15) is 0 Å². The average Bonchev–Trinajstić information content (AvgIpc) is 3.01. The molecule has 1 aromatic carbocycles. The lowest BCUT2D eigenvalue weighted by molar-refractivity contribution is 0.128. The van der Waals surface area contributed by atoms with Crippen LogP contribution in [0.4, 0.5) is 0 Å². The minimum absolute atomic E-state index is 0.362. The predicted octanol–water partition coefficient (Wildman–Crippen LogP) is 3.56. The van der Waals surface area contributed by atoms with Gasteiger partial charge in [0.2, 0.25) is 0 Å². The molecule has 2 N–H and O–H groups in total. The van der Waals surface area contributed by atoms with Crippen LogP contribution in [0.25, 0.3) is 0 Å².